The second kappa shape index (κ2) is 4.74. The lowest BCUT2D eigenvalue weighted by atomic mass is 10.2. The Balaban J connectivity index is 2.46. The first-order chi connectivity index (χ1) is 6.59. The number of rotatable bonds is 4. The Bertz CT molecular complexity index is 308. The Morgan fingerprint density at radius 2 is 2.00 bits per heavy atom. The summed E-state index contributed by atoms with van der Waals surface area (Å²) < 4.78 is 5.03. The van der Waals surface area contributed by atoms with E-state index in [9.17, 15) is 4.79 Å². The van der Waals surface area contributed by atoms with Crippen LogP contribution >= 0.6 is 0 Å². The van der Waals surface area contributed by atoms with Gasteiger partial charge in [0.05, 0.1) is 6.61 Å². The van der Waals surface area contributed by atoms with Gasteiger partial charge in [0.1, 0.15) is 0 Å². The van der Waals surface area contributed by atoms with E-state index in [1.165, 1.54) is 5.56 Å². The molecule has 1 amide bonds. The fourth-order valence-electron chi connectivity index (χ4n) is 0.952. The van der Waals surface area contributed by atoms with Crippen molar-refractivity contribution >= 4 is 5.91 Å². The van der Waals surface area contributed by atoms with E-state index in [1.807, 2.05) is 31.2 Å². The van der Waals surface area contributed by atoms with Gasteiger partial charge in [-0.1, -0.05) is 29.8 Å². The summed E-state index contributed by atoms with van der Waals surface area (Å²) in [5, 5.41) is 0. The van der Waals surface area contributed by atoms with Crippen LogP contribution in [0.4, 0.5) is 0 Å². The molecule has 0 fully saturated rings. The molecule has 1 atom stereocenters. The third kappa shape index (κ3) is 3.16. The standard InChI is InChI=1S/C10H14N2O2/c1-7-2-4-8(5-3-7)6-14-10(12)9(11)13/h2-5,10H,6,12H2,1H3,(H2,11,13). The Morgan fingerprint density at radius 3 is 2.50 bits per heavy atom. The van der Waals surface area contributed by atoms with E-state index in [1.54, 1.807) is 0 Å². The molecule has 0 aliphatic heterocycles. The molecule has 0 aliphatic carbocycles. The number of hydrogen-bond acceptors (Lipinski definition) is 3. The number of carbonyl (C=O) groups excluding carboxylic acids is 1. The molecule has 0 spiro atoms. The molecule has 0 saturated heterocycles. The van der Waals surface area contributed by atoms with E-state index in [-0.39, 0.29) is 0 Å². The first kappa shape index (κ1) is 10.7. The monoisotopic (exact) mass is 194 g/mol. The maximum Gasteiger partial charge on any atom is 0.261 e. The van der Waals surface area contributed by atoms with Crippen molar-refractivity contribution in [3.63, 3.8) is 0 Å². The summed E-state index contributed by atoms with van der Waals surface area (Å²) in [7, 11) is 0. The molecule has 0 saturated carbocycles. The lowest BCUT2D eigenvalue weighted by molar-refractivity contribution is -0.129. The van der Waals surface area contributed by atoms with Gasteiger partial charge in [-0.15, -0.1) is 0 Å². The highest BCUT2D eigenvalue weighted by molar-refractivity contribution is 5.78. The third-order valence-corrected chi connectivity index (χ3v) is 1.83. The lowest BCUT2D eigenvalue weighted by Gasteiger charge is -2.08. The van der Waals surface area contributed by atoms with E-state index < -0.39 is 12.1 Å². The lowest BCUT2D eigenvalue weighted by Crippen LogP contribution is -2.38. The van der Waals surface area contributed by atoms with Crippen LogP contribution in [0.3, 0.4) is 0 Å². The quantitative estimate of drug-likeness (QED) is 0.676. The van der Waals surface area contributed by atoms with E-state index in [4.69, 9.17) is 16.2 Å². The van der Waals surface area contributed by atoms with Gasteiger partial charge in [0.2, 0.25) is 0 Å². The zero-order valence-electron chi connectivity index (χ0n) is 8.07. The SMILES string of the molecule is Cc1ccc(COC(N)C(N)=O)cc1. The maximum atomic E-state index is 10.5. The van der Waals surface area contributed by atoms with Crippen molar-refractivity contribution in [1.82, 2.24) is 0 Å². The van der Waals surface area contributed by atoms with Crippen LogP contribution in [0.15, 0.2) is 24.3 Å². The van der Waals surface area contributed by atoms with Gasteiger partial charge in [0.25, 0.3) is 5.91 Å². The second-order valence-corrected chi connectivity index (χ2v) is 3.12. The van der Waals surface area contributed by atoms with Gasteiger partial charge >= 0.3 is 0 Å². The molecule has 0 aliphatic rings. The highest BCUT2D eigenvalue weighted by atomic mass is 16.5. The first-order valence-electron chi connectivity index (χ1n) is 4.31. The number of amides is 1. The minimum atomic E-state index is -1.03. The Labute approximate surface area is 82.8 Å². The number of aryl methyl sites for hydroxylation is 1. The van der Waals surface area contributed by atoms with Crippen molar-refractivity contribution in [3.8, 4) is 0 Å². The van der Waals surface area contributed by atoms with Crippen LogP contribution in [0.25, 0.3) is 0 Å². The van der Waals surface area contributed by atoms with Crippen LogP contribution in [-0.4, -0.2) is 12.1 Å². The first-order valence-corrected chi connectivity index (χ1v) is 4.31. The predicted octanol–water partition coefficient (Wildman–Crippen LogP) is 0.282. The molecule has 0 radical (unpaired) electrons. The fraction of sp³-hybridized carbons (Fsp3) is 0.300. The van der Waals surface area contributed by atoms with Crippen LogP contribution in [0, 0.1) is 6.92 Å². The molecular weight excluding hydrogens is 180 g/mol. The largest absolute Gasteiger partial charge is 0.366 e. The molecule has 14 heavy (non-hydrogen) atoms. The minimum absolute atomic E-state index is 0.296. The fourth-order valence-corrected chi connectivity index (χ4v) is 0.952. The minimum Gasteiger partial charge on any atom is -0.366 e. The zero-order chi connectivity index (χ0) is 10.6. The van der Waals surface area contributed by atoms with Crippen molar-refractivity contribution in [3.05, 3.63) is 35.4 Å². The highest BCUT2D eigenvalue weighted by Gasteiger charge is 2.08. The van der Waals surface area contributed by atoms with Gasteiger partial charge in [-0.05, 0) is 12.5 Å². The van der Waals surface area contributed by atoms with Crippen molar-refractivity contribution in [2.24, 2.45) is 11.5 Å². The van der Waals surface area contributed by atoms with Crippen molar-refractivity contribution < 1.29 is 9.53 Å². The predicted molar refractivity (Wildman–Crippen MR) is 53.1 cm³/mol. The number of carbonyl (C=O) groups is 1. The molecule has 0 bridgehead atoms. The molecule has 4 N–H and O–H groups in total. The van der Waals surface area contributed by atoms with E-state index >= 15 is 0 Å². The maximum absolute atomic E-state index is 10.5. The van der Waals surface area contributed by atoms with Crippen LogP contribution in [0.5, 0.6) is 0 Å². The average Bonchev–Trinajstić information content (AvgIpc) is 2.16. The number of primary amides is 1. The molecule has 4 nitrogen and oxygen atoms in total. The van der Waals surface area contributed by atoms with Crippen molar-refractivity contribution in [2.45, 2.75) is 19.8 Å². The Kier molecular flexibility index (Phi) is 3.62. The zero-order valence-corrected chi connectivity index (χ0v) is 8.07. The van der Waals surface area contributed by atoms with Crippen LogP contribution in [0.1, 0.15) is 11.1 Å². The molecule has 76 valence electrons. The van der Waals surface area contributed by atoms with Crippen molar-refractivity contribution in [2.75, 3.05) is 0 Å². The number of benzene rings is 1. The van der Waals surface area contributed by atoms with Crippen LogP contribution in [-0.2, 0) is 16.1 Å². The van der Waals surface area contributed by atoms with Gasteiger partial charge < -0.3 is 10.5 Å². The second-order valence-electron chi connectivity index (χ2n) is 3.12. The summed E-state index contributed by atoms with van der Waals surface area (Å²) in [6, 6.07) is 7.77. The topological polar surface area (TPSA) is 78.3 Å². The Morgan fingerprint density at radius 1 is 1.43 bits per heavy atom. The molecule has 4 heteroatoms. The average molecular weight is 194 g/mol. The molecule has 1 aromatic rings. The van der Waals surface area contributed by atoms with Gasteiger partial charge in [-0.2, -0.15) is 0 Å². The Hall–Kier alpha value is -1.39. The van der Waals surface area contributed by atoms with Gasteiger partial charge in [0, 0.05) is 0 Å². The number of nitrogens with two attached hydrogens (primary N) is 2. The summed E-state index contributed by atoms with van der Waals surface area (Å²) in [5.41, 5.74) is 12.4. The molecule has 1 unspecified atom stereocenters. The van der Waals surface area contributed by atoms with E-state index in [0.717, 1.165) is 5.56 Å². The molecule has 1 rings (SSSR count). The number of ether oxygens (including phenoxy) is 1. The summed E-state index contributed by atoms with van der Waals surface area (Å²) in [5.74, 6) is -0.655. The normalized spacial score (nSPS) is 12.4. The summed E-state index contributed by atoms with van der Waals surface area (Å²) in [4.78, 5) is 10.5. The molecular formula is C10H14N2O2. The van der Waals surface area contributed by atoms with Gasteiger partial charge in [-0.3, -0.25) is 10.5 Å². The van der Waals surface area contributed by atoms with E-state index in [2.05, 4.69) is 0 Å². The van der Waals surface area contributed by atoms with Gasteiger partial charge in [-0.25, -0.2) is 0 Å². The third-order valence-electron chi connectivity index (χ3n) is 1.83. The van der Waals surface area contributed by atoms with Gasteiger partial charge in [0.15, 0.2) is 6.23 Å². The summed E-state index contributed by atoms with van der Waals surface area (Å²) >= 11 is 0. The van der Waals surface area contributed by atoms with Crippen LogP contribution in [0.2, 0.25) is 0 Å². The summed E-state index contributed by atoms with van der Waals surface area (Å²) in [6.07, 6.45) is -1.03. The van der Waals surface area contributed by atoms with Crippen molar-refractivity contribution in [1.29, 1.82) is 0 Å². The molecule has 0 aromatic heterocycles. The summed E-state index contributed by atoms with van der Waals surface area (Å²) in [6.45, 7) is 2.30. The van der Waals surface area contributed by atoms with E-state index in [0.29, 0.717) is 6.61 Å². The molecule has 1 aromatic carbocycles. The molecule has 0 heterocycles. The van der Waals surface area contributed by atoms with Crippen LogP contribution < -0.4 is 11.5 Å². The smallest absolute Gasteiger partial charge is 0.261 e. The highest BCUT2D eigenvalue weighted by Crippen LogP contribution is 2.04. The number of hydrogen-bond donors (Lipinski definition) is 2.